The van der Waals surface area contributed by atoms with Crippen LogP contribution >= 0.6 is 0 Å². The van der Waals surface area contributed by atoms with Gasteiger partial charge in [0.2, 0.25) is 0 Å². The number of phenols is 2. The molecule has 0 radical (unpaired) electrons. The Hall–Kier alpha value is -3.27. The number of rotatable bonds is 6. The van der Waals surface area contributed by atoms with E-state index in [0.29, 0.717) is 23.8 Å². The molecule has 0 saturated heterocycles. The molecule has 3 N–H and O–H groups in total. The first-order chi connectivity index (χ1) is 15.5. The zero-order chi connectivity index (χ0) is 24.5. The lowest BCUT2D eigenvalue weighted by Crippen LogP contribution is -2.40. The molecular formula is C29H34O4. The largest absolute Gasteiger partial charge is 0.507 e. The van der Waals surface area contributed by atoms with Crippen molar-refractivity contribution in [1.29, 1.82) is 0 Å². The molecule has 0 aromatic heterocycles. The van der Waals surface area contributed by atoms with Crippen molar-refractivity contribution < 1.29 is 20.1 Å². The maximum Gasteiger partial charge on any atom is 0.174 e. The van der Waals surface area contributed by atoms with Crippen LogP contribution in [0.5, 0.6) is 11.5 Å². The van der Waals surface area contributed by atoms with Gasteiger partial charge in [-0.25, -0.2) is 0 Å². The molecule has 0 amide bonds. The fourth-order valence-electron chi connectivity index (χ4n) is 4.44. The molecule has 2 aromatic rings. The van der Waals surface area contributed by atoms with E-state index in [1.54, 1.807) is 12.1 Å². The third-order valence-electron chi connectivity index (χ3n) is 6.30. The summed E-state index contributed by atoms with van der Waals surface area (Å²) in [6.07, 6.45) is 7.17. The number of phenolic OH excluding ortho intramolecular Hbond substituents is 2. The second-order valence-electron chi connectivity index (χ2n) is 9.72. The number of ketones is 1. The van der Waals surface area contributed by atoms with Gasteiger partial charge < -0.3 is 15.3 Å². The average Bonchev–Trinajstić information content (AvgIpc) is 2.72. The van der Waals surface area contributed by atoms with Gasteiger partial charge in [-0.2, -0.15) is 0 Å². The number of aliphatic hydroxyl groups is 1. The van der Waals surface area contributed by atoms with Gasteiger partial charge in [0.1, 0.15) is 17.3 Å². The molecule has 1 aliphatic rings. The number of hydrogen-bond donors (Lipinski definition) is 3. The summed E-state index contributed by atoms with van der Waals surface area (Å²) in [5.74, 6) is -0.597. The molecule has 0 unspecified atom stereocenters. The van der Waals surface area contributed by atoms with Gasteiger partial charge in [-0.1, -0.05) is 47.1 Å². The first kappa shape index (κ1) is 24.4. The third kappa shape index (κ3) is 4.47. The van der Waals surface area contributed by atoms with E-state index in [0.717, 1.165) is 16.7 Å². The van der Waals surface area contributed by atoms with E-state index in [-0.39, 0.29) is 46.0 Å². The Bertz CT molecular complexity index is 1210. The van der Waals surface area contributed by atoms with Gasteiger partial charge in [0.15, 0.2) is 5.78 Å². The molecule has 0 atom stereocenters. The second kappa shape index (κ2) is 9.30. The number of fused-ring (bicyclic) bond motifs is 2. The Labute approximate surface area is 196 Å². The third-order valence-corrected chi connectivity index (χ3v) is 6.30. The average molecular weight is 447 g/mol. The minimum Gasteiger partial charge on any atom is -0.507 e. The molecule has 3 rings (SSSR count). The van der Waals surface area contributed by atoms with Gasteiger partial charge in [0.25, 0.3) is 0 Å². The fourth-order valence-corrected chi connectivity index (χ4v) is 4.44. The normalized spacial score (nSPS) is 14.7. The molecule has 0 saturated carbocycles. The van der Waals surface area contributed by atoms with Crippen molar-refractivity contribution in [2.45, 2.75) is 66.2 Å². The highest BCUT2D eigenvalue weighted by atomic mass is 16.3. The van der Waals surface area contributed by atoms with Gasteiger partial charge >= 0.3 is 0 Å². The Balaban J connectivity index is 2.48. The molecular weight excluding hydrogens is 412 g/mol. The molecule has 33 heavy (non-hydrogen) atoms. The summed E-state index contributed by atoms with van der Waals surface area (Å²) in [5.41, 5.74) is 3.37. The van der Waals surface area contributed by atoms with Crippen molar-refractivity contribution in [3.05, 3.63) is 75.9 Å². The monoisotopic (exact) mass is 446 g/mol. The van der Waals surface area contributed by atoms with Crippen LogP contribution in [0.3, 0.4) is 0 Å². The predicted molar refractivity (Wildman–Crippen MR) is 136 cm³/mol. The van der Waals surface area contributed by atoms with Crippen molar-refractivity contribution in [3.63, 3.8) is 0 Å². The smallest absolute Gasteiger partial charge is 0.174 e. The lowest BCUT2D eigenvalue weighted by Gasteiger charge is -2.38. The fraction of sp³-hybridized carbons (Fsp3) is 0.345. The number of aromatic hydroxyl groups is 2. The molecule has 0 aliphatic heterocycles. The van der Waals surface area contributed by atoms with Crippen LogP contribution in [0.15, 0.2) is 64.8 Å². The number of aliphatic hydroxyl groups excluding tert-OH is 1. The number of carbonyl (C=O) groups excluding carboxylic acids is 1. The quantitative estimate of drug-likeness (QED) is 0.404. The van der Waals surface area contributed by atoms with Crippen molar-refractivity contribution in [3.8, 4) is 11.5 Å². The topological polar surface area (TPSA) is 77.8 Å². The van der Waals surface area contributed by atoms with Crippen LogP contribution in [0.4, 0.5) is 0 Å². The molecule has 1 aliphatic carbocycles. The van der Waals surface area contributed by atoms with Gasteiger partial charge in [-0.3, -0.25) is 4.79 Å². The van der Waals surface area contributed by atoms with Crippen LogP contribution in [0.1, 0.15) is 71.9 Å². The summed E-state index contributed by atoms with van der Waals surface area (Å²) in [6.45, 7) is 11.9. The first-order valence-corrected chi connectivity index (χ1v) is 11.3. The van der Waals surface area contributed by atoms with Crippen LogP contribution in [-0.4, -0.2) is 21.1 Å². The van der Waals surface area contributed by atoms with E-state index in [2.05, 4.69) is 0 Å². The highest BCUT2D eigenvalue weighted by Crippen LogP contribution is 2.51. The van der Waals surface area contributed by atoms with Crippen LogP contribution in [0.25, 0.3) is 16.5 Å². The van der Waals surface area contributed by atoms with Gasteiger partial charge in [0.05, 0.1) is 16.4 Å². The second-order valence-corrected chi connectivity index (χ2v) is 9.72. The van der Waals surface area contributed by atoms with E-state index in [4.69, 9.17) is 0 Å². The molecule has 0 fully saturated rings. The molecule has 4 heteroatoms. The van der Waals surface area contributed by atoms with Crippen LogP contribution in [0.2, 0.25) is 0 Å². The van der Waals surface area contributed by atoms with Gasteiger partial charge in [-0.15, -0.1) is 0 Å². The molecule has 174 valence electrons. The van der Waals surface area contributed by atoms with E-state index in [1.807, 2.05) is 65.8 Å². The predicted octanol–water partition coefficient (Wildman–Crippen LogP) is 7.41. The summed E-state index contributed by atoms with van der Waals surface area (Å²) >= 11 is 0. The number of benzene rings is 2. The van der Waals surface area contributed by atoms with Crippen LogP contribution < -0.4 is 0 Å². The number of carbonyl (C=O) groups is 1. The molecule has 4 nitrogen and oxygen atoms in total. The van der Waals surface area contributed by atoms with E-state index in [9.17, 15) is 20.1 Å². The molecule has 0 heterocycles. The summed E-state index contributed by atoms with van der Waals surface area (Å²) in [5, 5.41) is 33.9. The summed E-state index contributed by atoms with van der Waals surface area (Å²) in [7, 11) is 0. The van der Waals surface area contributed by atoms with E-state index in [1.165, 1.54) is 6.07 Å². The number of allylic oxidation sites excluding steroid dienone is 7. The SMILES string of the molecule is CC(C)=CCC1=C(O)c2c(cc3cccc(O)c3c2O)C(CC=C(C)C)(CC=C(C)C)C1=O. The van der Waals surface area contributed by atoms with E-state index < -0.39 is 5.41 Å². The highest BCUT2D eigenvalue weighted by Gasteiger charge is 2.47. The van der Waals surface area contributed by atoms with Crippen molar-refractivity contribution in [2.24, 2.45) is 0 Å². The molecule has 0 bridgehead atoms. The van der Waals surface area contributed by atoms with Gasteiger partial charge in [0, 0.05) is 5.57 Å². The minimum absolute atomic E-state index is 0.0671. The number of Topliss-reactive ketones (excluding diaryl/α,β-unsaturated/α-hetero) is 1. The Kier molecular flexibility index (Phi) is 6.87. The first-order valence-electron chi connectivity index (χ1n) is 11.3. The maximum atomic E-state index is 14.1. The summed E-state index contributed by atoms with van der Waals surface area (Å²) in [4.78, 5) is 14.1. The van der Waals surface area contributed by atoms with Crippen molar-refractivity contribution in [2.75, 3.05) is 0 Å². The highest BCUT2D eigenvalue weighted by molar-refractivity contribution is 6.14. The van der Waals surface area contributed by atoms with Crippen LogP contribution in [0, 0.1) is 0 Å². The lowest BCUT2D eigenvalue weighted by atomic mass is 9.63. The van der Waals surface area contributed by atoms with Crippen molar-refractivity contribution in [1.82, 2.24) is 0 Å². The summed E-state index contributed by atoms with van der Waals surface area (Å²) < 4.78 is 0. The minimum atomic E-state index is -0.974. The number of hydrogen-bond acceptors (Lipinski definition) is 4. The Morgan fingerprint density at radius 1 is 0.879 bits per heavy atom. The Morgan fingerprint density at radius 3 is 2.00 bits per heavy atom. The molecule has 0 spiro atoms. The standard InChI is InChI=1S/C29H34O4/c1-17(2)10-11-21-26(31)25-22(16-20-8-7-9-23(30)24(20)27(25)32)29(28(21)33,14-12-18(3)4)15-13-19(5)6/h7-10,12-13,16,30-32H,11,14-15H2,1-6H3. The lowest BCUT2D eigenvalue weighted by molar-refractivity contribution is -0.121. The van der Waals surface area contributed by atoms with Gasteiger partial charge in [-0.05, 0) is 83.9 Å². The van der Waals surface area contributed by atoms with Crippen molar-refractivity contribution >= 4 is 22.3 Å². The zero-order valence-corrected chi connectivity index (χ0v) is 20.4. The van der Waals surface area contributed by atoms with E-state index >= 15 is 0 Å². The molecule has 2 aromatic carbocycles. The zero-order valence-electron chi connectivity index (χ0n) is 20.4. The van der Waals surface area contributed by atoms with Crippen LogP contribution in [-0.2, 0) is 10.2 Å². The summed E-state index contributed by atoms with van der Waals surface area (Å²) in [6, 6.07) is 6.85. The Morgan fingerprint density at radius 2 is 1.45 bits per heavy atom. The maximum absolute atomic E-state index is 14.1.